The minimum Gasteiger partial charge on any atom is -0.497 e. The average Bonchev–Trinajstić information content (AvgIpc) is 2.64. The quantitative estimate of drug-likeness (QED) is 0.671. The highest BCUT2D eigenvalue weighted by molar-refractivity contribution is 6.30. The summed E-state index contributed by atoms with van der Waals surface area (Å²) in [6, 6.07) is 14.6. The van der Waals surface area contributed by atoms with Crippen molar-refractivity contribution in [2.75, 3.05) is 24.9 Å². The number of rotatable bonds is 6. The molecule has 0 aliphatic rings. The summed E-state index contributed by atoms with van der Waals surface area (Å²) in [7, 11) is 3.22. The fraction of sp³-hybridized carbons (Fsp3) is 0.111. The molecule has 25 heavy (non-hydrogen) atoms. The van der Waals surface area contributed by atoms with Crippen LogP contribution in [0.1, 0.15) is 0 Å². The molecule has 2 aromatic carbocycles. The lowest BCUT2D eigenvalue weighted by Gasteiger charge is -2.12. The second-order valence-corrected chi connectivity index (χ2v) is 5.53. The molecule has 1 heterocycles. The van der Waals surface area contributed by atoms with Gasteiger partial charge in [-0.3, -0.25) is 0 Å². The summed E-state index contributed by atoms with van der Waals surface area (Å²) >= 11 is 5.89. The lowest BCUT2D eigenvalue weighted by molar-refractivity contribution is 0.395. The zero-order chi connectivity index (χ0) is 17.6. The number of methoxy groups -OCH3 is 2. The first-order valence-electron chi connectivity index (χ1n) is 7.52. The van der Waals surface area contributed by atoms with Crippen LogP contribution in [0.2, 0.25) is 5.02 Å². The molecule has 0 saturated heterocycles. The molecule has 3 rings (SSSR count). The molecule has 7 heteroatoms. The molecular formula is C18H17ClN4O2. The molecule has 0 radical (unpaired) electrons. The number of benzene rings is 2. The monoisotopic (exact) mass is 356 g/mol. The van der Waals surface area contributed by atoms with Gasteiger partial charge in [0, 0.05) is 23.0 Å². The fourth-order valence-electron chi connectivity index (χ4n) is 2.19. The van der Waals surface area contributed by atoms with Crippen LogP contribution in [-0.4, -0.2) is 24.2 Å². The molecule has 128 valence electrons. The molecule has 0 fully saturated rings. The first-order valence-corrected chi connectivity index (χ1v) is 7.90. The summed E-state index contributed by atoms with van der Waals surface area (Å²) in [5.41, 5.74) is 1.63. The second kappa shape index (κ2) is 7.72. The van der Waals surface area contributed by atoms with E-state index in [0.29, 0.717) is 22.5 Å². The number of anilines is 4. The van der Waals surface area contributed by atoms with Crippen LogP contribution in [0.3, 0.4) is 0 Å². The Hall–Kier alpha value is -2.99. The van der Waals surface area contributed by atoms with Gasteiger partial charge in [-0.2, -0.15) is 4.98 Å². The predicted octanol–water partition coefficient (Wildman–Crippen LogP) is 4.63. The highest BCUT2D eigenvalue weighted by Gasteiger charge is 2.07. The van der Waals surface area contributed by atoms with Gasteiger partial charge in [-0.15, -0.1) is 0 Å². The first-order chi connectivity index (χ1) is 12.2. The van der Waals surface area contributed by atoms with E-state index in [0.717, 1.165) is 17.1 Å². The van der Waals surface area contributed by atoms with Crippen LogP contribution in [0.5, 0.6) is 11.5 Å². The van der Waals surface area contributed by atoms with Crippen molar-refractivity contribution < 1.29 is 9.47 Å². The lowest BCUT2D eigenvalue weighted by atomic mass is 10.2. The first kappa shape index (κ1) is 16.9. The van der Waals surface area contributed by atoms with Gasteiger partial charge in [0.1, 0.15) is 17.3 Å². The third-order valence-electron chi connectivity index (χ3n) is 3.43. The van der Waals surface area contributed by atoms with E-state index in [1.165, 1.54) is 0 Å². The topological polar surface area (TPSA) is 68.3 Å². The Morgan fingerprint density at radius 3 is 2.44 bits per heavy atom. The predicted molar refractivity (Wildman–Crippen MR) is 99.6 cm³/mol. The maximum Gasteiger partial charge on any atom is 0.229 e. The van der Waals surface area contributed by atoms with Gasteiger partial charge in [0.15, 0.2) is 0 Å². The van der Waals surface area contributed by atoms with E-state index in [1.807, 2.05) is 24.3 Å². The molecule has 0 aliphatic heterocycles. The molecule has 0 unspecified atom stereocenters. The Morgan fingerprint density at radius 2 is 1.72 bits per heavy atom. The Morgan fingerprint density at radius 1 is 0.920 bits per heavy atom. The van der Waals surface area contributed by atoms with Crippen molar-refractivity contribution >= 4 is 34.7 Å². The molecule has 0 atom stereocenters. The number of hydrogen-bond acceptors (Lipinski definition) is 6. The number of halogens is 1. The molecule has 3 aromatic rings. The van der Waals surface area contributed by atoms with E-state index in [1.54, 1.807) is 44.7 Å². The summed E-state index contributed by atoms with van der Waals surface area (Å²) in [6.45, 7) is 0. The average molecular weight is 357 g/mol. The normalized spacial score (nSPS) is 10.2. The van der Waals surface area contributed by atoms with E-state index in [9.17, 15) is 0 Å². The molecular weight excluding hydrogens is 340 g/mol. The third kappa shape index (κ3) is 4.30. The van der Waals surface area contributed by atoms with Gasteiger partial charge in [0.25, 0.3) is 0 Å². The molecule has 6 nitrogen and oxygen atoms in total. The van der Waals surface area contributed by atoms with Crippen LogP contribution in [0.15, 0.2) is 54.7 Å². The highest BCUT2D eigenvalue weighted by Crippen LogP contribution is 2.31. The lowest BCUT2D eigenvalue weighted by Crippen LogP contribution is -2.01. The van der Waals surface area contributed by atoms with Gasteiger partial charge < -0.3 is 20.1 Å². The van der Waals surface area contributed by atoms with Gasteiger partial charge in [0.05, 0.1) is 19.9 Å². The van der Waals surface area contributed by atoms with Crippen LogP contribution < -0.4 is 20.1 Å². The summed E-state index contributed by atoms with van der Waals surface area (Å²) in [6.07, 6.45) is 1.67. The van der Waals surface area contributed by atoms with Gasteiger partial charge >= 0.3 is 0 Å². The minimum atomic E-state index is 0.472. The summed E-state index contributed by atoms with van der Waals surface area (Å²) < 4.78 is 10.6. The molecule has 0 amide bonds. The molecule has 1 aromatic heterocycles. The van der Waals surface area contributed by atoms with Gasteiger partial charge in [-0.1, -0.05) is 11.6 Å². The van der Waals surface area contributed by atoms with Crippen molar-refractivity contribution in [3.05, 3.63) is 59.8 Å². The summed E-state index contributed by atoms with van der Waals surface area (Å²) in [5, 5.41) is 7.02. The number of hydrogen-bond donors (Lipinski definition) is 2. The Kier molecular flexibility index (Phi) is 5.20. The third-order valence-corrected chi connectivity index (χ3v) is 3.68. The van der Waals surface area contributed by atoms with Crippen molar-refractivity contribution in [3.8, 4) is 11.5 Å². The molecule has 0 aliphatic carbocycles. The van der Waals surface area contributed by atoms with Gasteiger partial charge in [-0.05, 0) is 42.5 Å². The van der Waals surface area contributed by atoms with E-state index < -0.39 is 0 Å². The van der Waals surface area contributed by atoms with E-state index in [-0.39, 0.29) is 0 Å². The van der Waals surface area contributed by atoms with Crippen LogP contribution in [-0.2, 0) is 0 Å². The minimum absolute atomic E-state index is 0.472. The second-order valence-electron chi connectivity index (χ2n) is 5.09. The molecule has 0 bridgehead atoms. The summed E-state index contributed by atoms with van der Waals surface area (Å²) in [5.74, 6) is 2.48. The van der Waals surface area contributed by atoms with E-state index in [2.05, 4.69) is 20.6 Å². The number of aromatic nitrogens is 2. The SMILES string of the molecule is COc1ccc(Nc2ccnc(Nc3ccc(Cl)cc3)n2)c(OC)c1. The van der Waals surface area contributed by atoms with Crippen LogP contribution in [0.4, 0.5) is 23.1 Å². The van der Waals surface area contributed by atoms with Crippen molar-refractivity contribution in [3.63, 3.8) is 0 Å². The largest absolute Gasteiger partial charge is 0.497 e. The van der Waals surface area contributed by atoms with Crippen LogP contribution in [0, 0.1) is 0 Å². The maximum absolute atomic E-state index is 5.89. The van der Waals surface area contributed by atoms with Crippen molar-refractivity contribution in [1.29, 1.82) is 0 Å². The Bertz CT molecular complexity index is 856. The van der Waals surface area contributed by atoms with E-state index in [4.69, 9.17) is 21.1 Å². The molecule has 0 saturated carbocycles. The van der Waals surface area contributed by atoms with Crippen molar-refractivity contribution in [1.82, 2.24) is 9.97 Å². The number of nitrogens with one attached hydrogen (secondary N) is 2. The molecule has 2 N–H and O–H groups in total. The molecule has 0 spiro atoms. The zero-order valence-electron chi connectivity index (χ0n) is 13.8. The number of ether oxygens (including phenoxy) is 2. The fourth-order valence-corrected chi connectivity index (χ4v) is 2.32. The maximum atomic E-state index is 5.89. The smallest absolute Gasteiger partial charge is 0.229 e. The van der Waals surface area contributed by atoms with Gasteiger partial charge in [-0.25, -0.2) is 4.98 Å². The Labute approximate surface area is 150 Å². The van der Waals surface area contributed by atoms with E-state index >= 15 is 0 Å². The zero-order valence-corrected chi connectivity index (χ0v) is 14.5. The standard InChI is InChI=1S/C18H17ClN4O2/c1-24-14-7-8-15(16(11-14)25-2)22-17-9-10-20-18(23-17)21-13-5-3-12(19)4-6-13/h3-11H,1-2H3,(H2,20,21,22,23). The highest BCUT2D eigenvalue weighted by atomic mass is 35.5. The van der Waals surface area contributed by atoms with Crippen LogP contribution in [0.25, 0.3) is 0 Å². The van der Waals surface area contributed by atoms with Crippen molar-refractivity contribution in [2.24, 2.45) is 0 Å². The van der Waals surface area contributed by atoms with Crippen molar-refractivity contribution in [2.45, 2.75) is 0 Å². The Balaban J connectivity index is 1.79. The summed E-state index contributed by atoms with van der Waals surface area (Å²) in [4.78, 5) is 8.67. The van der Waals surface area contributed by atoms with Crippen LogP contribution >= 0.6 is 11.6 Å². The van der Waals surface area contributed by atoms with Gasteiger partial charge in [0.2, 0.25) is 5.95 Å². The number of nitrogens with zero attached hydrogens (tertiary/aromatic N) is 2.